The van der Waals surface area contributed by atoms with Gasteiger partial charge in [-0.1, -0.05) is 47.5 Å². The number of carbonyl (C=O) groups is 2. The summed E-state index contributed by atoms with van der Waals surface area (Å²) in [6.07, 6.45) is 6.18. The molecule has 0 atom stereocenters. The Morgan fingerprint density at radius 3 is 1.09 bits per heavy atom. The summed E-state index contributed by atoms with van der Waals surface area (Å²) in [5.41, 5.74) is 0. The summed E-state index contributed by atoms with van der Waals surface area (Å²) in [5, 5.41) is -0.679. The van der Waals surface area contributed by atoms with Crippen molar-refractivity contribution in [1.29, 1.82) is 0 Å². The van der Waals surface area contributed by atoms with Gasteiger partial charge in [0, 0.05) is 26.2 Å². The molecule has 0 rings (SSSR count). The zero-order valence-electron chi connectivity index (χ0n) is 12.4. The molecule has 4 nitrogen and oxygen atoms in total. The maximum absolute atomic E-state index is 12.3. The lowest BCUT2D eigenvalue weighted by Gasteiger charge is -2.21. The molecule has 0 unspecified atom stereocenters. The molecule has 0 spiro atoms. The monoisotopic (exact) mass is 342 g/mol. The Kier molecular flexibility index (Phi) is 10.00. The van der Waals surface area contributed by atoms with E-state index in [0.717, 1.165) is 0 Å². The fourth-order valence-electron chi connectivity index (χ4n) is 1.57. The van der Waals surface area contributed by atoms with E-state index >= 15 is 0 Å². The average molecular weight is 343 g/mol. The Morgan fingerprint density at radius 1 is 0.682 bits per heavy atom. The van der Waals surface area contributed by atoms with Gasteiger partial charge in [0.15, 0.2) is 0 Å². The molecule has 6 heteroatoms. The van der Waals surface area contributed by atoms with E-state index in [-0.39, 0.29) is 36.2 Å². The molecule has 120 valence electrons. The second kappa shape index (κ2) is 10.9. The van der Waals surface area contributed by atoms with Gasteiger partial charge in [-0.3, -0.25) is 9.59 Å². The number of halogens is 2. The quantitative estimate of drug-likeness (QED) is 0.452. The first-order valence-electron chi connectivity index (χ1n) is 6.51. The fraction of sp³-hybridized carbons (Fsp3) is 0.250. The van der Waals surface area contributed by atoms with Gasteiger partial charge >= 0.3 is 0 Å². The first-order valence-corrected chi connectivity index (χ1v) is 7.27. The highest BCUT2D eigenvalue weighted by Crippen LogP contribution is 2.19. The van der Waals surface area contributed by atoms with Crippen molar-refractivity contribution in [2.45, 2.75) is 0 Å². The molecule has 0 fully saturated rings. The Labute approximate surface area is 141 Å². The molecule has 22 heavy (non-hydrogen) atoms. The minimum Gasteiger partial charge on any atom is -0.330 e. The second-order valence-corrected chi connectivity index (χ2v) is 4.96. The summed E-state index contributed by atoms with van der Waals surface area (Å²) < 4.78 is 0. The molecule has 0 heterocycles. The van der Waals surface area contributed by atoms with Crippen LogP contribution < -0.4 is 0 Å². The van der Waals surface area contributed by atoms with Gasteiger partial charge in [-0.15, -0.1) is 26.3 Å². The second-order valence-electron chi connectivity index (χ2n) is 4.20. The normalized spacial score (nSPS) is 11.0. The summed E-state index contributed by atoms with van der Waals surface area (Å²) in [6, 6.07) is 0. The molecule has 0 saturated heterocycles. The zero-order valence-corrected chi connectivity index (χ0v) is 13.9. The highest BCUT2D eigenvalue weighted by atomic mass is 35.5. The number of nitrogens with zero attached hydrogens (tertiary/aromatic N) is 2. The van der Waals surface area contributed by atoms with Gasteiger partial charge in [-0.2, -0.15) is 0 Å². The molecular formula is C16H20Cl2N2O2. The van der Waals surface area contributed by atoms with Crippen LogP contribution in [0.15, 0.2) is 60.7 Å². The van der Waals surface area contributed by atoms with Crippen molar-refractivity contribution >= 4 is 35.0 Å². The molecule has 0 aromatic carbocycles. The molecule has 0 aliphatic heterocycles. The van der Waals surface area contributed by atoms with Crippen molar-refractivity contribution in [3.05, 3.63) is 60.7 Å². The third-order valence-corrected chi connectivity index (χ3v) is 3.34. The molecule has 2 amide bonds. The summed E-state index contributed by atoms with van der Waals surface area (Å²) in [5.74, 6) is -1.12. The summed E-state index contributed by atoms with van der Waals surface area (Å²) in [7, 11) is 0. The predicted octanol–water partition coefficient (Wildman–Crippen LogP) is 3.08. The lowest BCUT2D eigenvalue weighted by atomic mass is 10.3. The molecule has 0 N–H and O–H groups in total. The van der Waals surface area contributed by atoms with Crippen molar-refractivity contribution in [3.63, 3.8) is 0 Å². The molecular weight excluding hydrogens is 323 g/mol. The molecule has 0 aromatic rings. The predicted molar refractivity (Wildman–Crippen MR) is 92.7 cm³/mol. The minimum absolute atomic E-state index is 0.266. The van der Waals surface area contributed by atoms with Crippen LogP contribution in [0.1, 0.15) is 0 Å². The molecule has 0 aliphatic carbocycles. The number of hydrogen-bond donors (Lipinski definition) is 0. The van der Waals surface area contributed by atoms with Crippen LogP contribution in [0.4, 0.5) is 0 Å². The first kappa shape index (κ1) is 20.2. The van der Waals surface area contributed by atoms with Gasteiger partial charge in [0.25, 0.3) is 11.8 Å². The van der Waals surface area contributed by atoms with E-state index in [1.165, 1.54) is 9.80 Å². The van der Waals surface area contributed by atoms with Gasteiger partial charge in [0.2, 0.25) is 0 Å². The lowest BCUT2D eigenvalue weighted by Crippen LogP contribution is -2.35. The Bertz CT molecular complexity index is 434. The largest absolute Gasteiger partial charge is 0.330 e. The fourth-order valence-corrected chi connectivity index (χ4v) is 1.97. The maximum Gasteiger partial charge on any atom is 0.267 e. The van der Waals surface area contributed by atoms with Crippen LogP contribution in [0.5, 0.6) is 0 Å². The van der Waals surface area contributed by atoms with Crippen LogP contribution in [0.3, 0.4) is 0 Å². The van der Waals surface area contributed by atoms with E-state index in [1.807, 2.05) is 0 Å². The third-order valence-electron chi connectivity index (χ3n) is 2.54. The smallest absolute Gasteiger partial charge is 0.267 e. The van der Waals surface area contributed by atoms with Crippen molar-refractivity contribution in [2.75, 3.05) is 26.2 Å². The van der Waals surface area contributed by atoms with Crippen LogP contribution in [0, 0.1) is 0 Å². The minimum atomic E-state index is -0.558. The Hall–Kier alpha value is -1.78. The van der Waals surface area contributed by atoms with E-state index in [9.17, 15) is 9.59 Å². The Balaban J connectivity index is 5.37. The summed E-state index contributed by atoms with van der Waals surface area (Å²) in [6.45, 7) is 15.3. The van der Waals surface area contributed by atoms with E-state index < -0.39 is 11.8 Å². The van der Waals surface area contributed by atoms with Gasteiger partial charge in [0.1, 0.15) is 10.1 Å². The van der Waals surface area contributed by atoms with Crippen molar-refractivity contribution in [1.82, 2.24) is 9.80 Å². The SMILES string of the molecule is C=CCN(CC=C)C(=O)C(Cl)=C(Cl)C(=O)N(CC=C)CC=C. The standard InChI is InChI=1S/C16H20Cl2N2O2/c1-5-9-19(10-6-2)15(21)13(17)14(18)16(22)20(11-7-3)12-8-4/h5-8H,1-4,9-12H2. The van der Waals surface area contributed by atoms with Gasteiger partial charge in [-0.05, 0) is 0 Å². The summed E-state index contributed by atoms with van der Waals surface area (Å²) >= 11 is 12.0. The molecule has 0 bridgehead atoms. The molecule has 0 saturated carbocycles. The first-order chi connectivity index (χ1) is 10.4. The van der Waals surface area contributed by atoms with E-state index in [2.05, 4.69) is 26.3 Å². The van der Waals surface area contributed by atoms with Crippen LogP contribution in [0.2, 0.25) is 0 Å². The van der Waals surface area contributed by atoms with Gasteiger partial charge < -0.3 is 9.80 Å². The highest BCUT2D eigenvalue weighted by molar-refractivity contribution is 6.53. The average Bonchev–Trinajstić information content (AvgIpc) is 2.51. The molecule has 0 radical (unpaired) electrons. The molecule has 0 aliphatic rings. The van der Waals surface area contributed by atoms with E-state index in [0.29, 0.717) is 0 Å². The van der Waals surface area contributed by atoms with Crippen molar-refractivity contribution in [2.24, 2.45) is 0 Å². The zero-order chi connectivity index (χ0) is 17.1. The van der Waals surface area contributed by atoms with Crippen molar-refractivity contribution in [3.8, 4) is 0 Å². The Morgan fingerprint density at radius 2 is 0.909 bits per heavy atom. The van der Waals surface area contributed by atoms with E-state index in [4.69, 9.17) is 23.2 Å². The topological polar surface area (TPSA) is 40.6 Å². The summed E-state index contributed by atoms with van der Waals surface area (Å²) in [4.78, 5) is 27.2. The maximum atomic E-state index is 12.3. The number of hydrogen-bond acceptors (Lipinski definition) is 2. The number of carbonyl (C=O) groups excluding carboxylic acids is 2. The van der Waals surface area contributed by atoms with Crippen molar-refractivity contribution < 1.29 is 9.59 Å². The number of amides is 2. The highest BCUT2D eigenvalue weighted by Gasteiger charge is 2.24. The third kappa shape index (κ3) is 5.92. The number of rotatable bonds is 10. The van der Waals surface area contributed by atoms with Crippen LogP contribution in [-0.2, 0) is 9.59 Å². The van der Waals surface area contributed by atoms with Crippen LogP contribution in [0.25, 0.3) is 0 Å². The van der Waals surface area contributed by atoms with Crippen LogP contribution >= 0.6 is 23.2 Å². The lowest BCUT2D eigenvalue weighted by molar-refractivity contribution is -0.128. The van der Waals surface area contributed by atoms with Gasteiger partial charge in [0.05, 0.1) is 0 Å². The molecule has 0 aromatic heterocycles. The van der Waals surface area contributed by atoms with E-state index in [1.54, 1.807) is 24.3 Å². The van der Waals surface area contributed by atoms with Crippen LogP contribution in [-0.4, -0.2) is 47.8 Å². The van der Waals surface area contributed by atoms with Gasteiger partial charge in [-0.25, -0.2) is 0 Å².